The van der Waals surface area contributed by atoms with Gasteiger partial charge in [-0.05, 0) is 49.4 Å². The third-order valence-electron chi connectivity index (χ3n) is 3.64. The Morgan fingerprint density at radius 3 is 2.53 bits per heavy atom. The van der Waals surface area contributed by atoms with Gasteiger partial charge in [0.2, 0.25) is 0 Å². The van der Waals surface area contributed by atoms with Crippen LogP contribution in [0.5, 0.6) is 0 Å². The molecule has 1 rings (SSSR count). The van der Waals surface area contributed by atoms with Gasteiger partial charge in [0, 0.05) is 11.1 Å². The molecule has 1 aromatic rings. The van der Waals surface area contributed by atoms with E-state index in [9.17, 15) is 0 Å². The van der Waals surface area contributed by atoms with Gasteiger partial charge in [-0.15, -0.1) is 0 Å². The van der Waals surface area contributed by atoms with E-state index in [4.69, 9.17) is 11.6 Å². The van der Waals surface area contributed by atoms with Gasteiger partial charge in [0.25, 0.3) is 0 Å². The summed E-state index contributed by atoms with van der Waals surface area (Å²) in [6.45, 7) is 9.99. The maximum atomic E-state index is 6.12. The van der Waals surface area contributed by atoms with Crippen LogP contribution >= 0.6 is 11.6 Å². The first kappa shape index (κ1) is 16.5. The second kappa shape index (κ2) is 8.60. The van der Waals surface area contributed by atoms with Crippen molar-refractivity contribution >= 4 is 11.6 Å². The zero-order chi connectivity index (χ0) is 14.3. The minimum Gasteiger partial charge on any atom is -0.310 e. The molecular weight excluding hydrogens is 254 g/mol. The molecule has 1 nitrogen and oxygen atoms in total. The quantitative estimate of drug-likeness (QED) is 0.662. The normalized spacial score (nSPS) is 14.4. The van der Waals surface area contributed by atoms with Crippen LogP contribution in [-0.4, -0.2) is 6.54 Å². The highest BCUT2D eigenvalue weighted by atomic mass is 35.5. The van der Waals surface area contributed by atoms with E-state index < -0.39 is 0 Å². The first-order valence-corrected chi connectivity index (χ1v) is 7.95. The summed E-state index contributed by atoms with van der Waals surface area (Å²) in [6, 6.07) is 6.88. The fourth-order valence-electron chi connectivity index (χ4n) is 2.55. The van der Waals surface area contributed by atoms with E-state index >= 15 is 0 Å². The Balaban J connectivity index is 2.79. The van der Waals surface area contributed by atoms with Crippen molar-refractivity contribution in [3.63, 3.8) is 0 Å². The van der Waals surface area contributed by atoms with Crippen molar-refractivity contribution in [3.8, 4) is 0 Å². The molecule has 2 heteroatoms. The monoisotopic (exact) mass is 281 g/mol. The summed E-state index contributed by atoms with van der Waals surface area (Å²) in [5, 5.41) is 4.54. The van der Waals surface area contributed by atoms with Crippen molar-refractivity contribution < 1.29 is 0 Å². The molecule has 108 valence electrons. The zero-order valence-corrected chi connectivity index (χ0v) is 13.6. The van der Waals surface area contributed by atoms with E-state index in [1.165, 1.54) is 36.8 Å². The van der Waals surface area contributed by atoms with Crippen LogP contribution < -0.4 is 5.32 Å². The molecule has 0 saturated heterocycles. The molecule has 0 amide bonds. The van der Waals surface area contributed by atoms with Crippen molar-refractivity contribution in [1.29, 1.82) is 0 Å². The van der Waals surface area contributed by atoms with Gasteiger partial charge < -0.3 is 5.32 Å². The lowest BCUT2D eigenvalue weighted by Crippen LogP contribution is -2.24. The first-order valence-electron chi connectivity index (χ1n) is 7.57. The Morgan fingerprint density at radius 1 is 1.21 bits per heavy atom. The van der Waals surface area contributed by atoms with Crippen molar-refractivity contribution in [2.75, 3.05) is 6.54 Å². The van der Waals surface area contributed by atoms with Crippen molar-refractivity contribution in [2.24, 2.45) is 5.92 Å². The van der Waals surface area contributed by atoms with Crippen molar-refractivity contribution in [2.45, 2.75) is 59.4 Å². The minimum atomic E-state index is 0.456. The van der Waals surface area contributed by atoms with Gasteiger partial charge in [-0.1, -0.05) is 57.3 Å². The molecule has 0 aromatic heterocycles. The van der Waals surface area contributed by atoms with Crippen LogP contribution in [0.25, 0.3) is 0 Å². The maximum Gasteiger partial charge on any atom is 0.0435 e. The summed E-state index contributed by atoms with van der Waals surface area (Å²) >= 11 is 6.12. The van der Waals surface area contributed by atoms with Crippen LogP contribution in [0.4, 0.5) is 0 Å². The van der Waals surface area contributed by atoms with Crippen molar-refractivity contribution in [1.82, 2.24) is 5.32 Å². The average Bonchev–Trinajstić information content (AvgIpc) is 2.38. The molecule has 1 aromatic carbocycles. The van der Waals surface area contributed by atoms with Gasteiger partial charge in [-0.2, -0.15) is 0 Å². The molecule has 0 fully saturated rings. The number of rotatable bonds is 8. The summed E-state index contributed by atoms with van der Waals surface area (Å²) in [6.07, 6.45) is 4.94. The fraction of sp³-hybridized carbons (Fsp3) is 0.647. The van der Waals surface area contributed by atoms with Gasteiger partial charge in [0.1, 0.15) is 0 Å². The molecule has 0 bridgehead atoms. The van der Waals surface area contributed by atoms with Gasteiger partial charge in [-0.25, -0.2) is 0 Å². The summed E-state index contributed by atoms with van der Waals surface area (Å²) in [7, 11) is 0. The Morgan fingerprint density at radius 2 is 1.95 bits per heavy atom. The molecule has 0 radical (unpaired) electrons. The van der Waals surface area contributed by atoms with Gasteiger partial charge in [0.05, 0.1) is 0 Å². The van der Waals surface area contributed by atoms with Crippen LogP contribution in [0.3, 0.4) is 0 Å². The third-order valence-corrected chi connectivity index (χ3v) is 4.07. The summed E-state index contributed by atoms with van der Waals surface area (Å²) in [5.41, 5.74) is 2.55. The Labute approximate surface area is 123 Å². The molecule has 0 saturated carbocycles. The lowest BCUT2D eigenvalue weighted by atomic mass is 9.92. The number of aryl methyl sites for hydroxylation is 1. The highest BCUT2D eigenvalue weighted by Crippen LogP contribution is 2.27. The van der Waals surface area contributed by atoms with Gasteiger partial charge >= 0.3 is 0 Å². The Hall–Kier alpha value is -0.530. The summed E-state index contributed by atoms with van der Waals surface area (Å²) in [4.78, 5) is 0. The molecule has 1 N–H and O–H groups in total. The number of nitrogens with one attached hydrogen (secondary N) is 1. The van der Waals surface area contributed by atoms with E-state index in [0.29, 0.717) is 6.04 Å². The van der Waals surface area contributed by atoms with E-state index in [0.717, 1.165) is 17.5 Å². The number of hydrogen-bond donors (Lipinski definition) is 1. The molecule has 2 unspecified atom stereocenters. The molecule has 0 aliphatic rings. The molecule has 0 aliphatic heterocycles. The van der Waals surface area contributed by atoms with Crippen LogP contribution in [0.2, 0.25) is 5.02 Å². The summed E-state index contributed by atoms with van der Waals surface area (Å²) < 4.78 is 0. The molecule has 0 aliphatic carbocycles. The Bertz CT molecular complexity index is 376. The lowest BCUT2D eigenvalue weighted by Gasteiger charge is -2.23. The smallest absolute Gasteiger partial charge is 0.0435 e. The average molecular weight is 282 g/mol. The van der Waals surface area contributed by atoms with E-state index in [1.54, 1.807) is 0 Å². The van der Waals surface area contributed by atoms with E-state index in [-0.39, 0.29) is 0 Å². The highest BCUT2D eigenvalue weighted by Gasteiger charge is 2.15. The van der Waals surface area contributed by atoms with Gasteiger partial charge in [0.15, 0.2) is 0 Å². The standard InChI is InChI=1S/C17H28ClN/c1-5-7-13(3)11-17(19-10-6-2)15-8-9-16(18)14(4)12-15/h8-9,12-13,17,19H,5-7,10-11H2,1-4H3. The van der Waals surface area contributed by atoms with Crippen LogP contribution in [-0.2, 0) is 0 Å². The first-order chi connectivity index (χ1) is 9.08. The largest absolute Gasteiger partial charge is 0.310 e. The van der Waals surface area contributed by atoms with E-state index in [1.807, 2.05) is 6.07 Å². The highest BCUT2D eigenvalue weighted by molar-refractivity contribution is 6.31. The molecular formula is C17H28ClN. The molecule has 0 heterocycles. The SMILES string of the molecule is CCCNC(CC(C)CCC)c1ccc(Cl)c(C)c1. The van der Waals surface area contributed by atoms with Gasteiger partial charge in [-0.3, -0.25) is 0 Å². The lowest BCUT2D eigenvalue weighted by molar-refractivity contribution is 0.390. The number of benzene rings is 1. The fourth-order valence-corrected chi connectivity index (χ4v) is 2.67. The summed E-state index contributed by atoms with van der Waals surface area (Å²) in [5.74, 6) is 0.760. The maximum absolute atomic E-state index is 6.12. The predicted octanol–water partition coefficient (Wildman–Crippen LogP) is 5.52. The van der Waals surface area contributed by atoms with Crippen LogP contribution in [0, 0.1) is 12.8 Å². The number of halogens is 1. The predicted molar refractivity (Wildman–Crippen MR) is 85.9 cm³/mol. The van der Waals surface area contributed by atoms with E-state index in [2.05, 4.69) is 45.1 Å². The van der Waals surface area contributed by atoms with Crippen LogP contribution in [0.15, 0.2) is 18.2 Å². The van der Waals surface area contributed by atoms with Crippen LogP contribution in [0.1, 0.15) is 63.6 Å². The molecule has 2 atom stereocenters. The minimum absolute atomic E-state index is 0.456. The topological polar surface area (TPSA) is 12.0 Å². The second-order valence-corrected chi connectivity index (χ2v) is 6.05. The molecule has 0 spiro atoms. The molecule has 19 heavy (non-hydrogen) atoms. The Kier molecular flexibility index (Phi) is 7.48. The second-order valence-electron chi connectivity index (χ2n) is 5.64. The third kappa shape index (κ3) is 5.54. The van der Waals surface area contributed by atoms with Crippen molar-refractivity contribution in [3.05, 3.63) is 34.3 Å². The zero-order valence-electron chi connectivity index (χ0n) is 12.8. The number of hydrogen-bond acceptors (Lipinski definition) is 1.